The number of hydrogen-bond donors (Lipinski definition) is 0. The van der Waals surface area contributed by atoms with E-state index in [2.05, 4.69) is 10.2 Å². The van der Waals surface area contributed by atoms with Gasteiger partial charge in [-0.25, -0.2) is 0 Å². The molecule has 9 heavy (non-hydrogen) atoms. The Balaban J connectivity index is 1.92. The Kier molecular flexibility index (Phi) is 0.320. The van der Waals surface area contributed by atoms with Gasteiger partial charge in [0.2, 0.25) is 0 Å². The van der Waals surface area contributed by atoms with Crippen LogP contribution in [0.3, 0.4) is 0 Å². The van der Waals surface area contributed by atoms with Gasteiger partial charge in [0.25, 0.3) is 0 Å². The van der Waals surface area contributed by atoms with Crippen molar-refractivity contribution in [3.8, 4) is 0 Å². The van der Waals surface area contributed by atoms with Crippen molar-refractivity contribution >= 4 is 0 Å². The summed E-state index contributed by atoms with van der Waals surface area (Å²) in [5.74, 6) is 5.37. The second kappa shape index (κ2) is 0.780. The van der Waals surface area contributed by atoms with Crippen molar-refractivity contribution in [3.63, 3.8) is 0 Å². The predicted octanol–water partition coefficient (Wildman–Crippen LogP) is 0.943. The van der Waals surface area contributed by atoms with E-state index >= 15 is 0 Å². The standard InChI is InChI=1S/C7H8N2/c1-2-3-4-5(3)6(4)7(2)9-8-1/h2-7H,1H2. The highest BCUT2D eigenvalue weighted by Crippen LogP contribution is 2.84. The maximum absolute atomic E-state index is 4.27. The van der Waals surface area contributed by atoms with Gasteiger partial charge in [0.15, 0.2) is 0 Å². The summed E-state index contributed by atoms with van der Waals surface area (Å²) in [5, 5.41) is 8.35. The zero-order valence-corrected chi connectivity index (χ0v) is 5.07. The Morgan fingerprint density at radius 1 is 1.00 bits per heavy atom. The van der Waals surface area contributed by atoms with Gasteiger partial charge in [0.05, 0.1) is 12.6 Å². The third-order valence-corrected chi connectivity index (χ3v) is 3.78. The molecule has 1 aliphatic heterocycles. The molecule has 0 N–H and O–H groups in total. The maximum Gasteiger partial charge on any atom is 0.0791 e. The Bertz CT molecular complexity index is 213. The van der Waals surface area contributed by atoms with E-state index in [0.29, 0.717) is 6.04 Å². The van der Waals surface area contributed by atoms with Crippen molar-refractivity contribution in [2.24, 2.45) is 39.8 Å². The molecule has 4 unspecified atom stereocenters. The number of rotatable bonds is 0. The third kappa shape index (κ3) is 0.211. The van der Waals surface area contributed by atoms with Crippen LogP contribution in [0.5, 0.6) is 0 Å². The zero-order chi connectivity index (χ0) is 5.59. The molecule has 4 atom stereocenters. The summed E-state index contributed by atoms with van der Waals surface area (Å²) in [7, 11) is 0. The van der Waals surface area contributed by atoms with Crippen LogP contribution in [-0.4, -0.2) is 12.6 Å². The second-order valence-electron chi connectivity index (χ2n) is 3.90. The van der Waals surface area contributed by atoms with Crippen LogP contribution in [0.25, 0.3) is 0 Å². The minimum Gasteiger partial charge on any atom is -0.194 e. The van der Waals surface area contributed by atoms with Gasteiger partial charge in [-0.15, -0.1) is 0 Å². The van der Waals surface area contributed by atoms with Crippen LogP contribution in [0.1, 0.15) is 0 Å². The molecular formula is C7H8N2. The van der Waals surface area contributed by atoms with Gasteiger partial charge in [-0.3, -0.25) is 0 Å². The van der Waals surface area contributed by atoms with Gasteiger partial charge in [0, 0.05) is 5.92 Å². The average Bonchev–Trinajstić information content (AvgIpc) is 2.51. The lowest BCUT2D eigenvalue weighted by atomic mass is 10.1. The molecule has 0 amide bonds. The summed E-state index contributed by atoms with van der Waals surface area (Å²) >= 11 is 0. The van der Waals surface area contributed by atoms with E-state index < -0.39 is 0 Å². The molecule has 0 saturated heterocycles. The van der Waals surface area contributed by atoms with Gasteiger partial charge in [-0.05, 0) is 23.7 Å². The molecule has 4 saturated carbocycles. The zero-order valence-electron chi connectivity index (χ0n) is 5.07. The smallest absolute Gasteiger partial charge is 0.0791 e. The highest BCUT2D eigenvalue weighted by Gasteiger charge is 2.85. The van der Waals surface area contributed by atoms with Crippen LogP contribution < -0.4 is 0 Å². The van der Waals surface area contributed by atoms with E-state index in [1.165, 1.54) is 0 Å². The quantitative estimate of drug-likeness (QED) is 0.454. The van der Waals surface area contributed by atoms with Crippen molar-refractivity contribution in [2.45, 2.75) is 6.04 Å². The normalized spacial score (nSPS) is 78.2. The van der Waals surface area contributed by atoms with Crippen molar-refractivity contribution in [2.75, 3.05) is 6.54 Å². The number of azo groups is 1. The molecule has 0 aromatic heterocycles. The Labute approximate surface area is 53.4 Å². The molecule has 46 valence electrons. The van der Waals surface area contributed by atoms with Gasteiger partial charge >= 0.3 is 0 Å². The minimum absolute atomic E-state index is 0.713. The van der Waals surface area contributed by atoms with E-state index in [0.717, 1.165) is 36.1 Å². The fourth-order valence-corrected chi connectivity index (χ4v) is 3.30. The maximum atomic E-state index is 4.27. The summed E-state index contributed by atoms with van der Waals surface area (Å²) in [6, 6.07) is 0.713. The van der Waals surface area contributed by atoms with E-state index in [9.17, 15) is 0 Å². The van der Waals surface area contributed by atoms with Crippen molar-refractivity contribution in [1.29, 1.82) is 0 Å². The Morgan fingerprint density at radius 3 is 2.67 bits per heavy atom. The SMILES string of the molecule is C1N=NC2C1C1C3C2C13. The highest BCUT2D eigenvalue weighted by molar-refractivity contribution is 5.33. The molecular weight excluding hydrogens is 112 g/mol. The van der Waals surface area contributed by atoms with Crippen LogP contribution in [0.15, 0.2) is 10.2 Å². The molecule has 2 heteroatoms. The molecule has 5 rings (SSSR count). The summed E-state index contributed by atoms with van der Waals surface area (Å²) in [5.41, 5.74) is 0. The lowest BCUT2D eigenvalue weighted by Crippen LogP contribution is -2.08. The predicted molar refractivity (Wildman–Crippen MR) is 31.0 cm³/mol. The van der Waals surface area contributed by atoms with Gasteiger partial charge < -0.3 is 0 Å². The minimum atomic E-state index is 0.713. The topological polar surface area (TPSA) is 24.7 Å². The third-order valence-electron chi connectivity index (χ3n) is 3.78. The van der Waals surface area contributed by atoms with Crippen molar-refractivity contribution < 1.29 is 0 Å². The lowest BCUT2D eigenvalue weighted by Gasteiger charge is -1.99. The van der Waals surface area contributed by atoms with Crippen molar-refractivity contribution in [3.05, 3.63) is 0 Å². The Morgan fingerprint density at radius 2 is 1.89 bits per heavy atom. The summed E-state index contributed by atoms with van der Waals surface area (Å²) in [6.07, 6.45) is 0. The summed E-state index contributed by atoms with van der Waals surface area (Å²) in [4.78, 5) is 0. The van der Waals surface area contributed by atoms with Crippen molar-refractivity contribution in [1.82, 2.24) is 0 Å². The van der Waals surface area contributed by atoms with E-state index in [-0.39, 0.29) is 0 Å². The monoisotopic (exact) mass is 120 g/mol. The first kappa shape index (κ1) is 3.69. The molecule has 5 aliphatic rings. The van der Waals surface area contributed by atoms with Crippen LogP contribution in [-0.2, 0) is 0 Å². The Hall–Kier alpha value is -0.400. The fraction of sp³-hybridized carbons (Fsp3) is 1.00. The molecule has 1 heterocycles. The first-order chi connectivity index (χ1) is 4.48. The molecule has 0 aromatic rings. The lowest BCUT2D eigenvalue weighted by molar-refractivity contribution is 0.525. The average molecular weight is 120 g/mol. The van der Waals surface area contributed by atoms with Gasteiger partial charge in [-0.1, -0.05) is 0 Å². The van der Waals surface area contributed by atoms with Crippen LogP contribution >= 0.6 is 0 Å². The largest absolute Gasteiger partial charge is 0.194 e. The van der Waals surface area contributed by atoms with E-state index in [1.807, 2.05) is 0 Å². The van der Waals surface area contributed by atoms with Crippen LogP contribution in [0.4, 0.5) is 0 Å². The summed E-state index contributed by atoms with van der Waals surface area (Å²) < 4.78 is 0. The van der Waals surface area contributed by atoms with Gasteiger partial charge in [0.1, 0.15) is 0 Å². The molecule has 2 bridgehead atoms. The first-order valence-corrected chi connectivity index (χ1v) is 3.85. The summed E-state index contributed by atoms with van der Waals surface area (Å²) in [6.45, 7) is 1.07. The second-order valence-corrected chi connectivity index (χ2v) is 3.90. The number of hydrogen-bond acceptors (Lipinski definition) is 2. The molecule has 0 aromatic carbocycles. The van der Waals surface area contributed by atoms with E-state index in [4.69, 9.17) is 0 Å². The van der Waals surface area contributed by atoms with Crippen LogP contribution in [0.2, 0.25) is 0 Å². The first-order valence-electron chi connectivity index (χ1n) is 3.85. The van der Waals surface area contributed by atoms with Crippen LogP contribution in [0, 0.1) is 29.6 Å². The molecule has 0 spiro atoms. The van der Waals surface area contributed by atoms with Gasteiger partial charge in [-0.2, -0.15) is 10.2 Å². The number of nitrogens with zero attached hydrogens (tertiary/aromatic N) is 2. The highest BCUT2D eigenvalue weighted by atomic mass is 15.2. The molecule has 0 radical (unpaired) electrons. The fourth-order valence-electron chi connectivity index (χ4n) is 3.30. The molecule has 2 nitrogen and oxygen atoms in total. The molecule has 4 fully saturated rings. The molecule has 4 aliphatic carbocycles. The van der Waals surface area contributed by atoms with E-state index in [1.54, 1.807) is 0 Å².